The molecule has 0 radical (unpaired) electrons. The van der Waals surface area contributed by atoms with E-state index in [4.69, 9.17) is 4.74 Å². The molecule has 3 aromatic rings. The van der Waals surface area contributed by atoms with Gasteiger partial charge in [0.1, 0.15) is 5.75 Å². The van der Waals surface area contributed by atoms with E-state index < -0.39 is 0 Å². The second-order valence-corrected chi connectivity index (χ2v) is 8.48. The zero-order chi connectivity index (χ0) is 21.7. The van der Waals surface area contributed by atoms with Crippen LogP contribution in [0.25, 0.3) is 11.4 Å². The molecule has 0 bridgehead atoms. The van der Waals surface area contributed by atoms with Crippen LogP contribution in [0, 0.1) is 13.8 Å². The summed E-state index contributed by atoms with van der Waals surface area (Å²) in [5, 5.41) is 12.2. The Kier molecular flexibility index (Phi) is 7.33. The van der Waals surface area contributed by atoms with Crippen LogP contribution in [-0.2, 0) is 11.3 Å². The molecule has 156 valence electrons. The van der Waals surface area contributed by atoms with Crippen molar-refractivity contribution in [1.82, 2.24) is 14.8 Å². The first-order chi connectivity index (χ1) is 14.4. The van der Waals surface area contributed by atoms with Crippen molar-refractivity contribution in [2.24, 2.45) is 0 Å². The van der Waals surface area contributed by atoms with Gasteiger partial charge in [-0.3, -0.25) is 9.36 Å². The monoisotopic (exact) mass is 486 g/mol. The molecule has 1 amide bonds. The molecule has 2 aromatic carbocycles. The lowest BCUT2D eigenvalue weighted by Gasteiger charge is -2.11. The van der Waals surface area contributed by atoms with E-state index in [1.54, 1.807) is 13.2 Å². The zero-order valence-electron chi connectivity index (χ0n) is 17.1. The van der Waals surface area contributed by atoms with Gasteiger partial charge >= 0.3 is 0 Å². The number of aryl methyl sites for hydroxylation is 2. The number of carbonyl (C=O) groups excluding carboxylic acids is 1. The molecule has 6 nitrogen and oxygen atoms in total. The average molecular weight is 487 g/mol. The molecule has 8 heteroatoms. The molecule has 0 saturated heterocycles. The summed E-state index contributed by atoms with van der Waals surface area (Å²) in [6.07, 6.45) is 1.78. The summed E-state index contributed by atoms with van der Waals surface area (Å²) in [6.45, 7) is 8.42. The van der Waals surface area contributed by atoms with Crippen LogP contribution < -0.4 is 10.1 Å². The van der Waals surface area contributed by atoms with Gasteiger partial charge in [0.2, 0.25) is 5.91 Å². The highest BCUT2D eigenvalue weighted by Gasteiger charge is 2.16. The van der Waals surface area contributed by atoms with Gasteiger partial charge in [-0.05, 0) is 77.3 Å². The van der Waals surface area contributed by atoms with Gasteiger partial charge in [0.25, 0.3) is 0 Å². The highest BCUT2D eigenvalue weighted by atomic mass is 79.9. The second kappa shape index (κ2) is 9.95. The third kappa shape index (κ3) is 5.12. The van der Waals surface area contributed by atoms with Crippen LogP contribution in [-0.4, -0.2) is 33.5 Å². The number of nitrogens with zero attached hydrogens (tertiary/aromatic N) is 3. The van der Waals surface area contributed by atoms with Crippen LogP contribution in [0.15, 0.2) is 58.7 Å². The van der Waals surface area contributed by atoms with Gasteiger partial charge in [-0.1, -0.05) is 17.8 Å². The first kappa shape index (κ1) is 22.1. The van der Waals surface area contributed by atoms with Crippen molar-refractivity contribution < 1.29 is 9.53 Å². The number of anilines is 1. The van der Waals surface area contributed by atoms with Gasteiger partial charge in [0, 0.05) is 16.6 Å². The fourth-order valence-electron chi connectivity index (χ4n) is 2.84. The normalized spacial score (nSPS) is 10.7. The maximum Gasteiger partial charge on any atom is 0.234 e. The highest BCUT2D eigenvalue weighted by molar-refractivity contribution is 9.10. The summed E-state index contributed by atoms with van der Waals surface area (Å²) in [6, 6.07) is 11.6. The average Bonchev–Trinajstić information content (AvgIpc) is 3.13. The van der Waals surface area contributed by atoms with E-state index in [0.29, 0.717) is 11.7 Å². The van der Waals surface area contributed by atoms with Gasteiger partial charge in [-0.25, -0.2) is 0 Å². The van der Waals surface area contributed by atoms with Crippen molar-refractivity contribution in [1.29, 1.82) is 0 Å². The van der Waals surface area contributed by atoms with Crippen molar-refractivity contribution in [2.75, 3.05) is 18.2 Å². The smallest absolute Gasteiger partial charge is 0.234 e. The van der Waals surface area contributed by atoms with E-state index in [1.165, 1.54) is 11.8 Å². The van der Waals surface area contributed by atoms with Crippen LogP contribution in [0.1, 0.15) is 11.1 Å². The van der Waals surface area contributed by atoms with Crippen LogP contribution >= 0.6 is 27.7 Å². The standard InChI is InChI=1S/C22H23BrN4O2S/c1-5-10-27-21(16-6-8-17(29-4)9-7-16)25-26-22(27)30-13-20(28)24-19-12-15(3)14(2)11-18(19)23/h5-9,11-12H,1,10,13H2,2-4H3,(H,24,28). The van der Waals surface area contributed by atoms with Crippen molar-refractivity contribution in [3.05, 3.63) is 64.7 Å². The maximum absolute atomic E-state index is 12.5. The number of carbonyl (C=O) groups is 1. The van der Waals surface area contributed by atoms with Gasteiger partial charge in [0.15, 0.2) is 11.0 Å². The van der Waals surface area contributed by atoms with E-state index in [1.807, 2.05) is 54.8 Å². The van der Waals surface area contributed by atoms with E-state index in [-0.39, 0.29) is 11.7 Å². The highest BCUT2D eigenvalue weighted by Crippen LogP contribution is 2.28. The summed E-state index contributed by atoms with van der Waals surface area (Å²) in [4.78, 5) is 12.5. The van der Waals surface area contributed by atoms with Crippen LogP contribution in [0.4, 0.5) is 5.69 Å². The van der Waals surface area contributed by atoms with Crippen LogP contribution in [0.5, 0.6) is 5.75 Å². The first-order valence-corrected chi connectivity index (χ1v) is 11.1. The fraction of sp³-hybridized carbons (Fsp3) is 0.227. The molecular formula is C22H23BrN4O2S. The van der Waals surface area contributed by atoms with Crippen LogP contribution in [0.3, 0.4) is 0 Å². The summed E-state index contributed by atoms with van der Waals surface area (Å²) >= 11 is 4.85. The summed E-state index contributed by atoms with van der Waals surface area (Å²) in [7, 11) is 1.63. The minimum Gasteiger partial charge on any atom is -0.497 e. The number of rotatable bonds is 8. The molecule has 0 aliphatic carbocycles. The summed E-state index contributed by atoms with van der Waals surface area (Å²) < 4.78 is 8.02. The number of hydrogen-bond donors (Lipinski definition) is 1. The predicted molar refractivity (Wildman–Crippen MR) is 125 cm³/mol. The molecule has 1 aromatic heterocycles. The molecule has 0 unspecified atom stereocenters. The molecule has 1 N–H and O–H groups in total. The molecule has 1 heterocycles. The SMILES string of the molecule is C=CCn1c(SCC(=O)Nc2cc(C)c(C)cc2Br)nnc1-c1ccc(OC)cc1. The number of amides is 1. The summed E-state index contributed by atoms with van der Waals surface area (Å²) in [5.74, 6) is 1.61. The van der Waals surface area contributed by atoms with E-state index in [0.717, 1.165) is 38.4 Å². The van der Waals surface area contributed by atoms with E-state index in [2.05, 4.69) is 38.0 Å². The number of nitrogens with one attached hydrogen (secondary N) is 1. The molecule has 0 saturated carbocycles. The third-order valence-corrected chi connectivity index (χ3v) is 6.19. The molecule has 0 atom stereocenters. The molecule has 0 aliphatic heterocycles. The Hall–Kier alpha value is -2.58. The van der Waals surface area contributed by atoms with Crippen LogP contribution in [0.2, 0.25) is 0 Å². The molecule has 30 heavy (non-hydrogen) atoms. The minimum absolute atomic E-state index is 0.108. The Bertz CT molecular complexity index is 1060. The lowest BCUT2D eigenvalue weighted by atomic mass is 10.1. The van der Waals surface area contributed by atoms with Gasteiger partial charge in [-0.2, -0.15) is 0 Å². The van der Waals surface area contributed by atoms with Gasteiger partial charge < -0.3 is 10.1 Å². The summed E-state index contributed by atoms with van der Waals surface area (Å²) in [5.41, 5.74) is 3.96. The molecule has 0 spiro atoms. The largest absolute Gasteiger partial charge is 0.497 e. The van der Waals surface area contributed by atoms with Crippen molar-refractivity contribution in [3.8, 4) is 17.1 Å². The Balaban J connectivity index is 1.73. The Labute approximate surface area is 188 Å². The first-order valence-electron chi connectivity index (χ1n) is 9.31. The fourth-order valence-corrected chi connectivity index (χ4v) is 4.14. The maximum atomic E-state index is 12.5. The molecule has 0 fully saturated rings. The number of allylic oxidation sites excluding steroid dienone is 1. The second-order valence-electron chi connectivity index (χ2n) is 6.69. The number of methoxy groups -OCH3 is 1. The third-order valence-electron chi connectivity index (χ3n) is 4.57. The Morgan fingerprint density at radius 2 is 1.93 bits per heavy atom. The van der Waals surface area contributed by atoms with Gasteiger partial charge in [-0.15, -0.1) is 16.8 Å². The number of hydrogen-bond acceptors (Lipinski definition) is 5. The molecule has 0 aliphatic rings. The number of halogens is 1. The van der Waals surface area contributed by atoms with E-state index >= 15 is 0 Å². The Morgan fingerprint density at radius 3 is 2.60 bits per heavy atom. The van der Waals surface area contributed by atoms with Gasteiger partial charge in [0.05, 0.1) is 18.6 Å². The number of aromatic nitrogens is 3. The molecular weight excluding hydrogens is 464 g/mol. The lowest BCUT2D eigenvalue weighted by Crippen LogP contribution is -2.15. The predicted octanol–water partition coefficient (Wildman–Crippen LogP) is 5.25. The number of thioether (sulfide) groups is 1. The molecule has 3 rings (SSSR count). The number of benzene rings is 2. The topological polar surface area (TPSA) is 69.0 Å². The Morgan fingerprint density at radius 1 is 1.23 bits per heavy atom. The van der Waals surface area contributed by atoms with E-state index in [9.17, 15) is 4.79 Å². The van der Waals surface area contributed by atoms with Crippen molar-refractivity contribution in [2.45, 2.75) is 25.5 Å². The number of ether oxygens (including phenoxy) is 1. The minimum atomic E-state index is -0.108. The van der Waals surface area contributed by atoms with Crippen molar-refractivity contribution in [3.63, 3.8) is 0 Å². The lowest BCUT2D eigenvalue weighted by molar-refractivity contribution is -0.113. The quantitative estimate of drug-likeness (QED) is 0.347. The zero-order valence-corrected chi connectivity index (χ0v) is 19.5. The van der Waals surface area contributed by atoms with Crippen molar-refractivity contribution >= 4 is 39.3 Å².